The van der Waals surface area contributed by atoms with Crippen molar-refractivity contribution in [3.05, 3.63) is 48.6 Å². The second-order valence-electron chi connectivity index (χ2n) is 4.57. The molecule has 4 heteroatoms. The van der Waals surface area contributed by atoms with Gasteiger partial charge >= 0.3 is 11.8 Å². The minimum atomic E-state index is -0.417. The van der Waals surface area contributed by atoms with E-state index in [0.717, 1.165) is 6.42 Å². The largest absolute Gasteiger partial charge is 0.332 e. The van der Waals surface area contributed by atoms with Crippen molar-refractivity contribution < 1.29 is 9.59 Å². The summed E-state index contributed by atoms with van der Waals surface area (Å²) in [7, 11) is 0. The highest BCUT2D eigenvalue weighted by Gasteiger charge is 2.31. The zero-order valence-corrected chi connectivity index (χ0v) is 10.9. The van der Waals surface area contributed by atoms with E-state index in [4.69, 9.17) is 0 Å². The van der Waals surface area contributed by atoms with E-state index in [0.29, 0.717) is 26.2 Å². The monoisotopic (exact) mass is 258 g/mol. The zero-order chi connectivity index (χ0) is 13.7. The minimum Gasteiger partial charge on any atom is -0.332 e. The zero-order valence-electron chi connectivity index (χ0n) is 10.9. The first-order valence-corrected chi connectivity index (χ1v) is 6.45. The summed E-state index contributed by atoms with van der Waals surface area (Å²) >= 11 is 0. The number of hydrogen-bond donors (Lipinski definition) is 0. The van der Waals surface area contributed by atoms with Crippen LogP contribution in [0.25, 0.3) is 0 Å². The maximum absolute atomic E-state index is 11.9. The number of amides is 2. The van der Waals surface area contributed by atoms with Gasteiger partial charge in [0.05, 0.1) is 0 Å². The van der Waals surface area contributed by atoms with Crippen LogP contribution in [0.3, 0.4) is 0 Å². The molecule has 0 N–H and O–H groups in total. The number of hydrogen-bond acceptors (Lipinski definition) is 2. The van der Waals surface area contributed by atoms with Crippen LogP contribution in [0.2, 0.25) is 0 Å². The quantitative estimate of drug-likeness (QED) is 0.586. The lowest BCUT2D eigenvalue weighted by Gasteiger charge is -2.33. The van der Waals surface area contributed by atoms with Gasteiger partial charge in [-0.15, -0.1) is 6.58 Å². The summed E-state index contributed by atoms with van der Waals surface area (Å²) in [5.74, 6) is -0.816. The van der Waals surface area contributed by atoms with Crippen LogP contribution in [0.5, 0.6) is 0 Å². The van der Waals surface area contributed by atoms with Crippen molar-refractivity contribution in [2.24, 2.45) is 0 Å². The second kappa shape index (κ2) is 6.18. The Morgan fingerprint density at radius 2 is 1.68 bits per heavy atom. The van der Waals surface area contributed by atoms with E-state index in [1.54, 1.807) is 11.0 Å². The summed E-state index contributed by atoms with van der Waals surface area (Å²) in [4.78, 5) is 26.9. The molecule has 19 heavy (non-hydrogen) atoms. The first-order chi connectivity index (χ1) is 9.22. The Hall–Kier alpha value is -2.10. The third kappa shape index (κ3) is 3.22. The van der Waals surface area contributed by atoms with Gasteiger partial charge in [0.25, 0.3) is 0 Å². The van der Waals surface area contributed by atoms with Gasteiger partial charge in [0.15, 0.2) is 0 Å². The lowest BCUT2D eigenvalue weighted by Crippen LogP contribution is -2.54. The Balaban J connectivity index is 1.91. The fourth-order valence-corrected chi connectivity index (χ4v) is 2.17. The number of benzene rings is 1. The van der Waals surface area contributed by atoms with E-state index in [9.17, 15) is 9.59 Å². The summed E-state index contributed by atoms with van der Waals surface area (Å²) in [6, 6.07) is 9.97. The standard InChI is InChI=1S/C15H18N2O2/c1-2-9-16-11-12-17(15(19)14(16)18)10-8-13-6-4-3-5-7-13/h2-7H,1,8-12H2. The third-order valence-electron chi connectivity index (χ3n) is 3.26. The molecule has 1 saturated heterocycles. The third-order valence-corrected chi connectivity index (χ3v) is 3.26. The van der Waals surface area contributed by atoms with Crippen molar-refractivity contribution in [3.63, 3.8) is 0 Å². The minimum absolute atomic E-state index is 0.399. The number of carbonyl (C=O) groups is 2. The molecule has 1 aromatic carbocycles. The summed E-state index contributed by atoms with van der Waals surface area (Å²) in [5.41, 5.74) is 1.18. The van der Waals surface area contributed by atoms with Crippen LogP contribution in [0, 0.1) is 0 Å². The molecule has 1 fully saturated rings. The Kier molecular flexibility index (Phi) is 4.34. The first-order valence-electron chi connectivity index (χ1n) is 6.45. The highest BCUT2D eigenvalue weighted by atomic mass is 16.2. The van der Waals surface area contributed by atoms with Gasteiger partial charge in [-0.3, -0.25) is 9.59 Å². The maximum Gasteiger partial charge on any atom is 0.312 e. The molecular weight excluding hydrogens is 240 g/mol. The Bertz CT molecular complexity index is 470. The van der Waals surface area contributed by atoms with E-state index in [1.165, 1.54) is 10.5 Å². The summed E-state index contributed by atoms with van der Waals surface area (Å²) < 4.78 is 0. The SMILES string of the molecule is C=CCN1CCN(CCc2ccccc2)C(=O)C1=O. The molecule has 0 unspecified atom stereocenters. The Morgan fingerprint density at radius 3 is 2.37 bits per heavy atom. The number of piperazine rings is 1. The molecular formula is C15H18N2O2. The van der Waals surface area contributed by atoms with Gasteiger partial charge < -0.3 is 9.80 Å². The van der Waals surface area contributed by atoms with Gasteiger partial charge in [0, 0.05) is 26.2 Å². The Morgan fingerprint density at radius 1 is 1.05 bits per heavy atom. The van der Waals surface area contributed by atoms with Gasteiger partial charge in [-0.1, -0.05) is 36.4 Å². The molecule has 0 atom stereocenters. The van der Waals surface area contributed by atoms with E-state index in [-0.39, 0.29) is 0 Å². The molecule has 0 spiro atoms. The van der Waals surface area contributed by atoms with Crippen molar-refractivity contribution in [3.8, 4) is 0 Å². The summed E-state index contributed by atoms with van der Waals surface area (Å²) in [5, 5.41) is 0. The average molecular weight is 258 g/mol. The predicted octanol–water partition coefficient (Wildman–Crippen LogP) is 1.09. The smallest absolute Gasteiger partial charge is 0.312 e. The van der Waals surface area contributed by atoms with Crippen LogP contribution in [-0.4, -0.2) is 47.8 Å². The first kappa shape index (κ1) is 13.3. The highest BCUT2D eigenvalue weighted by Crippen LogP contribution is 2.07. The molecule has 2 rings (SSSR count). The van der Waals surface area contributed by atoms with Gasteiger partial charge in [0.1, 0.15) is 0 Å². The van der Waals surface area contributed by atoms with Crippen LogP contribution < -0.4 is 0 Å². The van der Waals surface area contributed by atoms with E-state index in [2.05, 4.69) is 6.58 Å². The lowest BCUT2D eigenvalue weighted by molar-refractivity contribution is -0.155. The highest BCUT2D eigenvalue weighted by molar-refractivity contribution is 6.35. The molecule has 1 aromatic rings. The van der Waals surface area contributed by atoms with Crippen molar-refractivity contribution in [2.45, 2.75) is 6.42 Å². The Labute approximate surface area is 113 Å². The molecule has 0 radical (unpaired) electrons. The fraction of sp³-hybridized carbons (Fsp3) is 0.333. The van der Waals surface area contributed by atoms with Gasteiger partial charge in [-0.2, -0.15) is 0 Å². The molecule has 4 nitrogen and oxygen atoms in total. The molecule has 0 saturated carbocycles. The summed E-state index contributed by atoms with van der Waals surface area (Å²) in [6.45, 7) is 5.82. The van der Waals surface area contributed by atoms with Crippen LogP contribution in [0.1, 0.15) is 5.56 Å². The molecule has 1 heterocycles. The summed E-state index contributed by atoms with van der Waals surface area (Å²) in [6.07, 6.45) is 2.42. The van der Waals surface area contributed by atoms with E-state index < -0.39 is 11.8 Å². The van der Waals surface area contributed by atoms with Crippen LogP contribution in [0.15, 0.2) is 43.0 Å². The molecule has 0 aromatic heterocycles. The predicted molar refractivity (Wildman–Crippen MR) is 73.5 cm³/mol. The fourth-order valence-electron chi connectivity index (χ4n) is 2.17. The van der Waals surface area contributed by atoms with Gasteiger partial charge in [-0.05, 0) is 12.0 Å². The molecule has 1 aliphatic heterocycles. The molecule has 100 valence electrons. The normalized spacial score (nSPS) is 15.8. The van der Waals surface area contributed by atoms with Crippen LogP contribution in [-0.2, 0) is 16.0 Å². The molecule has 0 aliphatic carbocycles. The number of carbonyl (C=O) groups excluding carboxylic acids is 2. The molecule has 1 aliphatic rings. The van der Waals surface area contributed by atoms with Crippen LogP contribution in [0.4, 0.5) is 0 Å². The lowest BCUT2D eigenvalue weighted by atomic mass is 10.1. The van der Waals surface area contributed by atoms with Crippen molar-refractivity contribution >= 4 is 11.8 Å². The molecule has 0 bridgehead atoms. The molecule has 2 amide bonds. The van der Waals surface area contributed by atoms with Gasteiger partial charge in [0.2, 0.25) is 0 Å². The van der Waals surface area contributed by atoms with Crippen molar-refractivity contribution in [1.82, 2.24) is 9.80 Å². The topological polar surface area (TPSA) is 40.6 Å². The number of rotatable bonds is 5. The average Bonchev–Trinajstić information content (AvgIpc) is 2.44. The van der Waals surface area contributed by atoms with Gasteiger partial charge in [-0.25, -0.2) is 0 Å². The van der Waals surface area contributed by atoms with Crippen molar-refractivity contribution in [2.75, 3.05) is 26.2 Å². The van der Waals surface area contributed by atoms with Crippen molar-refractivity contribution in [1.29, 1.82) is 0 Å². The van der Waals surface area contributed by atoms with Crippen LogP contribution >= 0.6 is 0 Å². The van der Waals surface area contributed by atoms with E-state index in [1.807, 2.05) is 30.3 Å². The second-order valence-corrected chi connectivity index (χ2v) is 4.57. The van der Waals surface area contributed by atoms with E-state index >= 15 is 0 Å². The number of nitrogens with zero attached hydrogens (tertiary/aromatic N) is 2. The maximum atomic E-state index is 11.9.